The first kappa shape index (κ1) is 65.0. The number of nitrogens with zero attached hydrogens (tertiary/aromatic N) is 8. The normalized spacial score (nSPS) is 25.7. The van der Waals surface area contributed by atoms with Crippen LogP contribution in [0.2, 0.25) is 0 Å². The van der Waals surface area contributed by atoms with Crippen molar-refractivity contribution in [2.75, 3.05) is 66.5 Å². The van der Waals surface area contributed by atoms with Crippen LogP contribution in [0.25, 0.3) is 21.8 Å². The Morgan fingerprint density at radius 3 is 1.17 bits per heavy atom. The van der Waals surface area contributed by atoms with Gasteiger partial charge in [-0.05, 0) is 115 Å². The molecular formula is C62H78N14O14. The molecule has 0 aliphatic carbocycles. The van der Waals surface area contributed by atoms with Crippen LogP contribution in [0.4, 0.5) is 0 Å². The number of hydrogen-bond acceptors (Lipinski definition) is 16. The number of piperidine rings is 4. The number of benzene rings is 2. The maximum Gasteiger partial charge on any atom is 0.274 e. The molecule has 8 N–H and O–H groups in total. The molecule has 2 aromatic carbocycles. The molecule has 12 amide bonds. The van der Waals surface area contributed by atoms with Crippen molar-refractivity contribution in [1.29, 1.82) is 0 Å². The lowest BCUT2D eigenvalue weighted by molar-refractivity contribution is -0.148. The van der Waals surface area contributed by atoms with Gasteiger partial charge in [-0.2, -0.15) is 0 Å². The Labute approximate surface area is 519 Å². The van der Waals surface area contributed by atoms with Crippen molar-refractivity contribution in [3.05, 3.63) is 72.1 Å². The lowest BCUT2D eigenvalue weighted by Crippen LogP contribution is -2.64. The summed E-state index contributed by atoms with van der Waals surface area (Å²) in [5.41, 5.74) is -0.135. The highest BCUT2D eigenvalue weighted by Crippen LogP contribution is 2.27. The molecule has 5 saturated heterocycles. The summed E-state index contributed by atoms with van der Waals surface area (Å²) in [6, 6.07) is 5.82. The Kier molecular flexibility index (Phi) is 20.8. The predicted molar refractivity (Wildman–Crippen MR) is 323 cm³/mol. The number of pyridine rings is 2. The van der Waals surface area contributed by atoms with Gasteiger partial charge in [0.15, 0.2) is 11.4 Å². The first-order valence-electron chi connectivity index (χ1n) is 30.7. The summed E-state index contributed by atoms with van der Waals surface area (Å²) in [6.45, 7) is 0.906. The number of carbonyl (C=O) groups excluding carboxylic acids is 12. The zero-order valence-corrected chi connectivity index (χ0v) is 50.9. The van der Waals surface area contributed by atoms with Crippen molar-refractivity contribution in [2.45, 2.75) is 139 Å². The molecule has 8 atom stereocenters. The molecule has 28 nitrogen and oxygen atoms in total. The number of nitrogens with one attached hydrogen (secondary N) is 6. The van der Waals surface area contributed by atoms with E-state index < -0.39 is 168 Å². The van der Waals surface area contributed by atoms with E-state index in [1.807, 2.05) is 0 Å². The van der Waals surface area contributed by atoms with Crippen molar-refractivity contribution in [3.63, 3.8) is 0 Å². The number of aromatic hydroxyl groups is 2. The van der Waals surface area contributed by atoms with Crippen molar-refractivity contribution in [3.8, 4) is 11.5 Å². The van der Waals surface area contributed by atoms with Crippen LogP contribution in [0.5, 0.6) is 11.5 Å². The van der Waals surface area contributed by atoms with E-state index in [4.69, 9.17) is 0 Å². The highest BCUT2D eigenvalue weighted by Gasteiger charge is 2.44. The van der Waals surface area contributed by atoms with Crippen molar-refractivity contribution in [1.82, 2.24) is 71.3 Å². The smallest absolute Gasteiger partial charge is 0.274 e. The fourth-order valence-corrected chi connectivity index (χ4v) is 12.5. The summed E-state index contributed by atoms with van der Waals surface area (Å²) in [5, 5.41) is 39.3. The van der Waals surface area contributed by atoms with Gasteiger partial charge in [-0.3, -0.25) is 57.5 Å². The molecule has 28 heteroatoms. The lowest BCUT2D eigenvalue weighted by Gasteiger charge is -2.40. The molecule has 5 aliphatic heterocycles. The van der Waals surface area contributed by atoms with Gasteiger partial charge in [0, 0.05) is 51.0 Å². The largest absolute Gasteiger partial charge is 0.505 e. The lowest BCUT2D eigenvalue weighted by atomic mass is 9.97. The fourth-order valence-electron chi connectivity index (χ4n) is 12.5. The maximum absolute atomic E-state index is 15.0. The van der Waals surface area contributed by atoms with Crippen LogP contribution in [0.3, 0.4) is 0 Å². The second-order valence-corrected chi connectivity index (χ2v) is 23.8. The van der Waals surface area contributed by atoms with Crippen molar-refractivity contribution >= 4 is 92.7 Å². The third kappa shape index (κ3) is 14.8. The quantitative estimate of drug-likeness (QED) is 0.131. The second-order valence-electron chi connectivity index (χ2n) is 23.8. The Hall–Kier alpha value is -9.50. The van der Waals surface area contributed by atoms with E-state index in [9.17, 15) is 58.2 Å². The van der Waals surface area contributed by atoms with Gasteiger partial charge in [0.1, 0.15) is 47.8 Å². The highest BCUT2D eigenvalue weighted by atomic mass is 16.3. The topological polar surface area (TPSA) is 363 Å². The minimum absolute atomic E-state index is 0.0218. The van der Waals surface area contributed by atoms with Gasteiger partial charge in [-0.25, -0.2) is 9.97 Å². The van der Waals surface area contributed by atoms with Gasteiger partial charge in [0.2, 0.25) is 59.1 Å². The van der Waals surface area contributed by atoms with Gasteiger partial charge in [0.25, 0.3) is 11.8 Å². The zero-order chi connectivity index (χ0) is 64.5. The zero-order valence-electron chi connectivity index (χ0n) is 50.9. The van der Waals surface area contributed by atoms with Crippen LogP contribution in [0, 0.1) is 0 Å². The van der Waals surface area contributed by atoms with Gasteiger partial charge in [-0.1, -0.05) is 36.4 Å². The van der Waals surface area contributed by atoms with Crippen LogP contribution in [0.1, 0.15) is 112 Å². The summed E-state index contributed by atoms with van der Waals surface area (Å²) in [7, 11) is 2.68. The number of likely N-dealkylation sites (N-methyl/N-ethyl adjacent to an activating group) is 2. The third-order valence-corrected chi connectivity index (χ3v) is 17.5. The molecule has 90 heavy (non-hydrogen) atoms. The molecule has 480 valence electrons. The van der Waals surface area contributed by atoms with Crippen LogP contribution < -0.4 is 31.9 Å². The molecule has 0 saturated carbocycles. The minimum atomic E-state index is -1.61. The standard InChI is InChI=1S/C62H78N14O14/c1-35-51(69-59(87)53-45(77)29-37-17-5-7-19-39(37)67-53)61(89)75-27-15-11-21-41(75)55(83)63-31-47(79)72(4)34-50(82)74-26-14-10-24-44(74)58(86)66-36(2)52(70-60(88)54-46(78)30-38-18-6-8-20-40(38)68-54)62(90)76-28-16-12-22-42(76)56(84)64-32-48(80)71(3)33-49(81)73-25-13-9-23-43(73)57(85)65-35/h5-8,17-20,29-30,35-36,41-44,51-52,77-78H,9-16,21-28,31-34H2,1-4H3,(H,63,83)(H,64,84)(H,65,85)(H,66,86)(H,69,87)(H,70,88)/t35-,36-,41+,42?,43?,44?,51?,52+/m1/s1. The number of rotatable bonds is 4. The van der Waals surface area contributed by atoms with Gasteiger partial charge in [0.05, 0.1) is 49.3 Å². The maximum atomic E-state index is 15.0. The highest BCUT2D eigenvalue weighted by molar-refractivity contribution is 6.03. The Morgan fingerprint density at radius 2 is 0.800 bits per heavy atom. The number of hydrogen-bond donors (Lipinski definition) is 8. The molecule has 0 bridgehead atoms. The van der Waals surface area contributed by atoms with E-state index in [1.54, 1.807) is 48.5 Å². The van der Waals surface area contributed by atoms with E-state index >= 15 is 9.59 Å². The van der Waals surface area contributed by atoms with E-state index in [-0.39, 0.29) is 51.9 Å². The number of aromatic nitrogens is 2. The van der Waals surface area contributed by atoms with Gasteiger partial charge in [-0.15, -0.1) is 0 Å². The molecule has 9 rings (SSSR count). The number of amides is 12. The average molecular weight is 1240 g/mol. The van der Waals surface area contributed by atoms with Gasteiger partial charge < -0.3 is 71.5 Å². The molecule has 4 aromatic rings. The first-order valence-corrected chi connectivity index (χ1v) is 30.7. The van der Waals surface area contributed by atoms with Crippen LogP contribution in [-0.2, 0) is 47.9 Å². The van der Waals surface area contributed by atoms with Crippen LogP contribution >= 0.6 is 0 Å². The molecule has 5 fully saturated rings. The van der Waals surface area contributed by atoms with E-state index in [1.165, 1.54) is 59.7 Å². The number of para-hydroxylation sites is 2. The predicted octanol–water partition coefficient (Wildman–Crippen LogP) is -0.212. The minimum Gasteiger partial charge on any atom is -0.505 e. The van der Waals surface area contributed by atoms with E-state index in [0.717, 1.165) is 9.80 Å². The first-order chi connectivity index (χ1) is 43.1. The Bertz CT molecular complexity index is 3250. The molecule has 5 aliphatic rings. The summed E-state index contributed by atoms with van der Waals surface area (Å²) in [4.78, 5) is 188. The van der Waals surface area contributed by atoms with E-state index in [0.29, 0.717) is 73.2 Å². The number of carbonyl (C=O) groups is 12. The summed E-state index contributed by atoms with van der Waals surface area (Å²) >= 11 is 0. The third-order valence-electron chi connectivity index (χ3n) is 17.5. The second kappa shape index (κ2) is 28.8. The Morgan fingerprint density at radius 1 is 0.467 bits per heavy atom. The fraction of sp³-hybridized carbons (Fsp3) is 0.516. The molecule has 4 unspecified atom stereocenters. The van der Waals surface area contributed by atoms with Crippen LogP contribution in [0.15, 0.2) is 60.7 Å². The average Bonchev–Trinajstić information content (AvgIpc) is 0.974. The van der Waals surface area contributed by atoms with Crippen molar-refractivity contribution < 1.29 is 67.7 Å². The summed E-state index contributed by atoms with van der Waals surface area (Å²) < 4.78 is 0. The molecule has 2 aromatic heterocycles. The molecule has 0 radical (unpaired) electrons. The van der Waals surface area contributed by atoms with E-state index in [2.05, 4.69) is 41.9 Å². The Balaban J connectivity index is 0.998. The number of fused-ring (bicyclic) bond motifs is 6. The summed E-state index contributed by atoms with van der Waals surface area (Å²) in [6.07, 6.45) is 4.55. The van der Waals surface area contributed by atoms with Gasteiger partial charge >= 0.3 is 0 Å². The van der Waals surface area contributed by atoms with Crippen molar-refractivity contribution in [2.24, 2.45) is 0 Å². The molecule has 7 heterocycles. The van der Waals surface area contributed by atoms with Crippen LogP contribution in [-0.4, -0.2) is 235 Å². The monoisotopic (exact) mass is 1240 g/mol. The SMILES string of the molecule is C[C@H]1NC(=O)C2CCCCN2C(=O)CN(C)C(=O)CNC(=O)C2CCCCN2C(=O)[C@@H](NC(=O)c2nc3ccccc3cc2O)[C@@H](C)NC(=O)C2CCCCN2C(=O)CN(C)C(=O)CNC(=O)[C@@H]2CCCCN2C(=O)C1NC(=O)c1nc2ccccc2cc1O. The molecule has 0 spiro atoms. The molecular weight excluding hydrogens is 1160 g/mol. The summed E-state index contributed by atoms with van der Waals surface area (Å²) in [5.74, 6) is -10.0.